The average molecular weight is 173 g/mol. The Morgan fingerprint density at radius 3 is 2.00 bits per heavy atom. The Balaban J connectivity index is 3.20. The molecule has 1 heteroatoms. The molecule has 0 amide bonds. The molecule has 0 nitrogen and oxygen atoms in total. The summed E-state index contributed by atoms with van der Waals surface area (Å²) in [5.41, 5.74) is 0. The molecule has 48 valence electrons. The van der Waals surface area contributed by atoms with Crippen molar-refractivity contribution in [3.05, 3.63) is 12.7 Å². The van der Waals surface area contributed by atoms with Crippen LogP contribution in [0.25, 0.3) is 0 Å². The molecule has 0 N–H and O–H groups in total. The molecular formula is C7H16Ge. The molecule has 0 aromatic heterocycles. The van der Waals surface area contributed by atoms with E-state index in [0.29, 0.717) is 0 Å². The van der Waals surface area contributed by atoms with Crippen molar-refractivity contribution in [2.75, 3.05) is 0 Å². The molecule has 0 spiro atoms. The van der Waals surface area contributed by atoms with E-state index in [2.05, 4.69) is 26.5 Å². The van der Waals surface area contributed by atoms with Gasteiger partial charge in [-0.2, -0.15) is 0 Å². The van der Waals surface area contributed by atoms with Crippen LogP contribution in [0.3, 0.4) is 0 Å². The molecule has 0 heterocycles. The second-order valence-electron chi connectivity index (χ2n) is 2.21. The maximum absolute atomic E-state index is 3.74. The van der Waals surface area contributed by atoms with Gasteiger partial charge >= 0.3 is 56.6 Å². The topological polar surface area (TPSA) is 0 Å². The monoisotopic (exact) mass is 174 g/mol. The number of allylic oxidation sites excluding steroid dienone is 1. The summed E-state index contributed by atoms with van der Waals surface area (Å²) < 4.78 is 0. The standard InChI is InChI=1S/C7H16Ge/c1-4-7-8(5-2)6-3/h4,8H,1,5-7H2,2-3H3. The van der Waals surface area contributed by atoms with E-state index in [0.717, 1.165) is 0 Å². The van der Waals surface area contributed by atoms with Crippen molar-refractivity contribution in [3.8, 4) is 0 Å². The zero-order valence-corrected chi connectivity index (χ0v) is 8.41. The van der Waals surface area contributed by atoms with Crippen LogP contribution in [-0.2, 0) is 0 Å². The van der Waals surface area contributed by atoms with Crippen LogP contribution in [-0.4, -0.2) is 14.3 Å². The molecule has 0 atom stereocenters. The van der Waals surface area contributed by atoms with E-state index in [1.807, 2.05) is 0 Å². The zero-order chi connectivity index (χ0) is 6.41. The van der Waals surface area contributed by atoms with Gasteiger partial charge < -0.3 is 0 Å². The van der Waals surface area contributed by atoms with Gasteiger partial charge in [0.2, 0.25) is 0 Å². The van der Waals surface area contributed by atoms with Crippen molar-refractivity contribution in [1.29, 1.82) is 0 Å². The van der Waals surface area contributed by atoms with E-state index in [4.69, 9.17) is 0 Å². The molecule has 0 radical (unpaired) electrons. The van der Waals surface area contributed by atoms with Crippen LogP contribution in [0.2, 0.25) is 15.8 Å². The van der Waals surface area contributed by atoms with Gasteiger partial charge in [-0.25, -0.2) is 0 Å². The fourth-order valence-electron chi connectivity index (χ4n) is 0.858. The third kappa shape index (κ3) is 3.31. The Hall–Kier alpha value is 0.283. The SMILES string of the molecule is C=C[CH2][GeH]([CH2]C)[CH2]C. The van der Waals surface area contributed by atoms with Crippen molar-refractivity contribution in [3.63, 3.8) is 0 Å². The summed E-state index contributed by atoms with van der Waals surface area (Å²) in [6.45, 7) is 8.38. The minimum atomic E-state index is -0.727. The Bertz CT molecular complexity index is 55.4. The molecule has 0 saturated carbocycles. The number of rotatable bonds is 4. The van der Waals surface area contributed by atoms with Gasteiger partial charge in [-0.15, -0.1) is 0 Å². The first kappa shape index (κ1) is 8.28. The first-order chi connectivity index (χ1) is 3.85. The maximum atomic E-state index is 3.74. The van der Waals surface area contributed by atoms with Crippen molar-refractivity contribution in [1.82, 2.24) is 0 Å². The van der Waals surface area contributed by atoms with Crippen LogP contribution in [0.4, 0.5) is 0 Å². The first-order valence-corrected chi connectivity index (χ1v) is 8.59. The molecule has 0 bridgehead atoms. The van der Waals surface area contributed by atoms with Gasteiger partial charge in [0.1, 0.15) is 0 Å². The molecule has 0 aliphatic heterocycles. The van der Waals surface area contributed by atoms with Gasteiger partial charge in [-0.3, -0.25) is 0 Å². The van der Waals surface area contributed by atoms with Gasteiger partial charge in [0.25, 0.3) is 0 Å². The van der Waals surface area contributed by atoms with Gasteiger partial charge in [-0.05, 0) is 0 Å². The normalized spacial score (nSPS) is 9.88. The second-order valence-corrected chi connectivity index (χ2v) is 10.3. The third-order valence-electron chi connectivity index (χ3n) is 1.65. The van der Waals surface area contributed by atoms with Crippen LogP contribution >= 0.6 is 0 Å². The molecular weight excluding hydrogens is 157 g/mol. The van der Waals surface area contributed by atoms with E-state index in [1.54, 1.807) is 0 Å². The van der Waals surface area contributed by atoms with Gasteiger partial charge in [0, 0.05) is 0 Å². The summed E-state index contributed by atoms with van der Waals surface area (Å²) in [5.74, 6) is 0. The average Bonchev–Trinajstić information content (AvgIpc) is 1.83. The van der Waals surface area contributed by atoms with Crippen LogP contribution in [0.5, 0.6) is 0 Å². The van der Waals surface area contributed by atoms with E-state index < -0.39 is 14.3 Å². The summed E-state index contributed by atoms with van der Waals surface area (Å²) in [6.07, 6.45) is 2.09. The quantitative estimate of drug-likeness (QED) is 0.452. The summed E-state index contributed by atoms with van der Waals surface area (Å²) in [4.78, 5) is 0. The molecule has 0 aliphatic rings. The fourth-order valence-corrected chi connectivity index (χ4v) is 4.46. The van der Waals surface area contributed by atoms with Crippen LogP contribution in [0, 0.1) is 0 Å². The van der Waals surface area contributed by atoms with E-state index in [1.165, 1.54) is 15.8 Å². The summed E-state index contributed by atoms with van der Waals surface area (Å²) in [6, 6.07) is 0. The summed E-state index contributed by atoms with van der Waals surface area (Å²) in [5, 5.41) is 4.34. The Labute approximate surface area is 57.1 Å². The second kappa shape index (κ2) is 5.42. The Morgan fingerprint density at radius 1 is 1.38 bits per heavy atom. The van der Waals surface area contributed by atoms with E-state index in [9.17, 15) is 0 Å². The van der Waals surface area contributed by atoms with Crippen LogP contribution in [0.15, 0.2) is 12.7 Å². The fraction of sp³-hybridized carbons (Fsp3) is 0.714. The molecule has 0 saturated heterocycles. The van der Waals surface area contributed by atoms with Crippen molar-refractivity contribution >= 4 is 14.3 Å². The summed E-state index contributed by atoms with van der Waals surface area (Å²) in [7, 11) is 0. The molecule has 8 heavy (non-hydrogen) atoms. The van der Waals surface area contributed by atoms with Crippen LogP contribution < -0.4 is 0 Å². The van der Waals surface area contributed by atoms with Crippen LogP contribution in [0.1, 0.15) is 13.8 Å². The minimum absolute atomic E-state index is 0.727. The predicted molar refractivity (Wildman–Crippen MR) is 43.1 cm³/mol. The van der Waals surface area contributed by atoms with Gasteiger partial charge in [0.15, 0.2) is 0 Å². The first-order valence-electron chi connectivity index (χ1n) is 3.46. The third-order valence-corrected chi connectivity index (χ3v) is 8.60. The molecule has 0 aliphatic carbocycles. The molecule has 0 rings (SSSR count). The van der Waals surface area contributed by atoms with Gasteiger partial charge in [-0.1, -0.05) is 0 Å². The van der Waals surface area contributed by atoms with Crippen molar-refractivity contribution in [2.45, 2.75) is 29.6 Å². The number of hydrogen-bond acceptors (Lipinski definition) is 0. The molecule has 0 aromatic rings. The van der Waals surface area contributed by atoms with Crippen molar-refractivity contribution in [2.24, 2.45) is 0 Å². The van der Waals surface area contributed by atoms with E-state index >= 15 is 0 Å². The Kier molecular flexibility index (Phi) is 5.61. The van der Waals surface area contributed by atoms with Gasteiger partial charge in [0.05, 0.1) is 0 Å². The summed E-state index contributed by atoms with van der Waals surface area (Å²) >= 11 is -0.727. The Morgan fingerprint density at radius 2 is 1.88 bits per heavy atom. The van der Waals surface area contributed by atoms with E-state index in [-0.39, 0.29) is 0 Å². The molecule has 0 fully saturated rings. The number of hydrogen-bond donors (Lipinski definition) is 0. The molecule has 0 unspecified atom stereocenters. The zero-order valence-electron chi connectivity index (χ0n) is 5.98. The van der Waals surface area contributed by atoms with Crippen molar-refractivity contribution < 1.29 is 0 Å². The molecule has 0 aromatic carbocycles. The predicted octanol–water partition coefficient (Wildman–Crippen LogP) is 2.44.